The topological polar surface area (TPSA) is 60.2 Å². The van der Waals surface area contributed by atoms with Gasteiger partial charge in [-0.1, -0.05) is 20.8 Å². The predicted octanol–water partition coefficient (Wildman–Crippen LogP) is 1.69. The van der Waals surface area contributed by atoms with Gasteiger partial charge in [0.05, 0.1) is 0 Å². The number of rotatable bonds is 1. The van der Waals surface area contributed by atoms with Crippen LogP contribution >= 0.6 is 11.3 Å². The first-order chi connectivity index (χ1) is 5.71. The molecule has 13 heavy (non-hydrogen) atoms. The lowest BCUT2D eigenvalue weighted by molar-refractivity contribution is 0.600. The molecule has 0 saturated carbocycles. The van der Waals surface area contributed by atoms with Gasteiger partial charge in [-0.05, 0) is 17.5 Å². The highest BCUT2D eigenvalue weighted by Gasteiger charge is 2.19. The van der Waals surface area contributed by atoms with Crippen LogP contribution in [-0.2, 0) is 15.4 Å². The monoisotopic (exact) mass is 219 g/mol. The van der Waals surface area contributed by atoms with Gasteiger partial charge >= 0.3 is 0 Å². The van der Waals surface area contributed by atoms with Gasteiger partial charge < -0.3 is 0 Å². The number of thiophene rings is 1. The summed E-state index contributed by atoms with van der Waals surface area (Å²) >= 11 is 1.23. The maximum atomic E-state index is 11.0. The molecule has 5 heteroatoms. The Morgan fingerprint density at radius 3 is 2.08 bits per heavy atom. The van der Waals surface area contributed by atoms with E-state index in [0.717, 1.165) is 4.88 Å². The molecular weight excluding hydrogens is 206 g/mol. The molecule has 1 rings (SSSR count). The quantitative estimate of drug-likeness (QED) is 0.781. The Hall–Kier alpha value is -0.390. The van der Waals surface area contributed by atoms with Crippen molar-refractivity contribution in [3.8, 4) is 0 Å². The normalized spacial score (nSPS) is 13.2. The number of hydrogen-bond donors (Lipinski definition) is 1. The zero-order valence-corrected chi connectivity index (χ0v) is 9.50. The molecule has 0 bridgehead atoms. The van der Waals surface area contributed by atoms with E-state index in [1.807, 2.05) is 26.8 Å². The van der Waals surface area contributed by atoms with Crippen LogP contribution < -0.4 is 5.14 Å². The molecule has 0 aliphatic rings. The second-order valence-electron chi connectivity index (χ2n) is 3.91. The van der Waals surface area contributed by atoms with Gasteiger partial charge in [-0.2, -0.15) is 0 Å². The molecule has 0 saturated heterocycles. The summed E-state index contributed by atoms with van der Waals surface area (Å²) in [6, 6.07) is 3.37. The maximum absolute atomic E-state index is 11.0. The summed E-state index contributed by atoms with van der Waals surface area (Å²) in [6.07, 6.45) is 0. The van der Waals surface area contributed by atoms with Crippen LogP contribution in [-0.4, -0.2) is 8.42 Å². The molecule has 0 radical (unpaired) electrons. The molecule has 0 aromatic carbocycles. The van der Waals surface area contributed by atoms with Gasteiger partial charge in [-0.25, -0.2) is 13.6 Å². The summed E-state index contributed by atoms with van der Waals surface area (Å²) in [6.45, 7) is 6.10. The molecule has 74 valence electrons. The first-order valence-electron chi connectivity index (χ1n) is 3.84. The first kappa shape index (κ1) is 10.7. The fourth-order valence-corrected chi connectivity index (χ4v) is 2.66. The van der Waals surface area contributed by atoms with E-state index < -0.39 is 10.0 Å². The molecule has 1 heterocycles. The van der Waals surface area contributed by atoms with Gasteiger partial charge in [0.25, 0.3) is 0 Å². The smallest absolute Gasteiger partial charge is 0.224 e. The molecule has 0 fully saturated rings. The minimum atomic E-state index is -3.52. The largest absolute Gasteiger partial charge is 0.247 e. The Morgan fingerprint density at radius 1 is 1.31 bits per heavy atom. The molecule has 0 unspecified atom stereocenters. The average Bonchev–Trinajstić information content (AvgIpc) is 2.28. The molecule has 3 nitrogen and oxygen atoms in total. The lowest BCUT2D eigenvalue weighted by Crippen LogP contribution is -2.10. The highest BCUT2D eigenvalue weighted by atomic mass is 32.2. The maximum Gasteiger partial charge on any atom is 0.247 e. The lowest BCUT2D eigenvalue weighted by Gasteiger charge is -2.14. The van der Waals surface area contributed by atoms with Crippen molar-refractivity contribution in [3.05, 3.63) is 17.0 Å². The molecular formula is C8H13NO2S2. The SMILES string of the molecule is CC(C)(C)c1ccc(S(N)(=O)=O)s1. The van der Waals surface area contributed by atoms with Crippen LogP contribution in [0.2, 0.25) is 0 Å². The third kappa shape index (κ3) is 2.52. The van der Waals surface area contributed by atoms with Crippen LogP contribution in [0.3, 0.4) is 0 Å². The second kappa shape index (κ2) is 3.08. The van der Waals surface area contributed by atoms with E-state index in [0.29, 0.717) is 0 Å². The van der Waals surface area contributed by atoms with Gasteiger partial charge in [0.1, 0.15) is 4.21 Å². The van der Waals surface area contributed by atoms with Crippen LogP contribution in [0.1, 0.15) is 25.6 Å². The number of hydrogen-bond acceptors (Lipinski definition) is 3. The van der Waals surface area contributed by atoms with Crippen molar-refractivity contribution in [2.45, 2.75) is 30.4 Å². The summed E-state index contributed by atoms with van der Waals surface area (Å²) < 4.78 is 22.2. The van der Waals surface area contributed by atoms with E-state index in [-0.39, 0.29) is 9.62 Å². The molecule has 1 aromatic heterocycles. The van der Waals surface area contributed by atoms with Crippen molar-refractivity contribution in [1.29, 1.82) is 0 Å². The fourth-order valence-electron chi connectivity index (χ4n) is 0.876. The van der Waals surface area contributed by atoms with E-state index in [4.69, 9.17) is 5.14 Å². The van der Waals surface area contributed by atoms with Gasteiger partial charge in [0, 0.05) is 4.88 Å². The van der Waals surface area contributed by atoms with Crippen molar-refractivity contribution in [3.63, 3.8) is 0 Å². The standard InChI is InChI=1S/C8H13NO2S2/c1-8(2,3)6-4-5-7(12-6)13(9,10)11/h4-5H,1-3H3,(H2,9,10,11). The van der Waals surface area contributed by atoms with Crippen LogP contribution in [0.4, 0.5) is 0 Å². The van der Waals surface area contributed by atoms with E-state index in [1.165, 1.54) is 11.3 Å². The van der Waals surface area contributed by atoms with Gasteiger partial charge in [0.2, 0.25) is 10.0 Å². The molecule has 2 N–H and O–H groups in total. The summed E-state index contributed by atoms with van der Waals surface area (Å²) in [5, 5.41) is 5.00. The molecule has 0 amide bonds. The van der Waals surface area contributed by atoms with Crippen LogP contribution in [0, 0.1) is 0 Å². The van der Waals surface area contributed by atoms with Gasteiger partial charge in [-0.3, -0.25) is 0 Å². The third-order valence-corrected chi connectivity index (χ3v) is 4.55. The molecule has 1 aromatic rings. The predicted molar refractivity (Wildman–Crippen MR) is 54.4 cm³/mol. The lowest BCUT2D eigenvalue weighted by atomic mass is 9.95. The van der Waals surface area contributed by atoms with Crippen LogP contribution in [0.15, 0.2) is 16.3 Å². The van der Waals surface area contributed by atoms with E-state index >= 15 is 0 Å². The zero-order chi connectivity index (χ0) is 10.3. The van der Waals surface area contributed by atoms with Crippen LogP contribution in [0.5, 0.6) is 0 Å². The molecule has 0 atom stereocenters. The highest BCUT2D eigenvalue weighted by Crippen LogP contribution is 2.30. The Labute approximate surface area is 82.6 Å². The van der Waals surface area contributed by atoms with Crippen molar-refractivity contribution in [2.75, 3.05) is 0 Å². The van der Waals surface area contributed by atoms with Crippen molar-refractivity contribution >= 4 is 21.4 Å². The average molecular weight is 219 g/mol. The van der Waals surface area contributed by atoms with E-state index in [9.17, 15) is 8.42 Å². The van der Waals surface area contributed by atoms with Crippen LogP contribution in [0.25, 0.3) is 0 Å². The highest BCUT2D eigenvalue weighted by molar-refractivity contribution is 7.91. The van der Waals surface area contributed by atoms with E-state index in [2.05, 4.69) is 0 Å². The summed E-state index contributed by atoms with van der Waals surface area (Å²) in [7, 11) is -3.52. The first-order valence-corrected chi connectivity index (χ1v) is 6.20. The Balaban J connectivity index is 3.16. The van der Waals surface area contributed by atoms with Crippen molar-refractivity contribution in [2.24, 2.45) is 5.14 Å². The Morgan fingerprint density at radius 2 is 1.85 bits per heavy atom. The molecule has 0 aliphatic heterocycles. The Kier molecular flexibility index (Phi) is 2.53. The number of primary sulfonamides is 1. The zero-order valence-electron chi connectivity index (χ0n) is 7.87. The summed E-state index contributed by atoms with van der Waals surface area (Å²) in [5.74, 6) is 0. The van der Waals surface area contributed by atoms with Gasteiger partial charge in [-0.15, -0.1) is 11.3 Å². The van der Waals surface area contributed by atoms with E-state index in [1.54, 1.807) is 6.07 Å². The van der Waals surface area contributed by atoms with Gasteiger partial charge in [0.15, 0.2) is 0 Å². The third-order valence-electron chi connectivity index (χ3n) is 1.60. The minimum Gasteiger partial charge on any atom is -0.224 e. The number of nitrogens with two attached hydrogens (primary N) is 1. The minimum absolute atomic E-state index is 0.0202. The summed E-state index contributed by atoms with van der Waals surface area (Å²) in [5.41, 5.74) is -0.0202. The second-order valence-corrected chi connectivity index (χ2v) is 6.79. The summed E-state index contributed by atoms with van der Waals surface area (Å²) in [4.78, 5) is 1.02. The van der Waals surface area contributed by atoms with Crippen molar-refractivity contribution in [1.82, 2.24) is 0 Å². The number of sulfonamides is 1. The van der Waals surface area contributed by atoms with Crippen molar-refractivity contribution < 1.29 is 8.42 Å². The Bertz CT molecular complexity index is 398. The fraction of sp³-hybridized carbons (Fsp3) is 0.500. The molecule has 0 aliphatic carbocycles. The molecule has 0 spiro atoms.